The van der Waals surface area contributed by atoms with E-state index in [9.17, 15) is 9.59 Å². The standard InChI is InChI=1S/C13H24N2O4/c1-5-13(4,11(16)17)8-14-12(18)15-6-9(2)19-10(3)7-15/h9-10H,5-8H2,1-4H3,(H,14,18)(H,16,17)/t9-,10+,13?. The normalized spacial score (nSPS) is 26.6. The van der Waals surface area contributed by atoms with Gasteiger partial charge in [0.05, 0.1) is 17.6 Å². The Morgan fingerprint density at radius 3 is 2.32 bits per heavy atom. The van der Waals surface area contributed by atoms with Crippen molar-refractivity contribution >= 4 is 12.0 Å². The summed E-state index contributed by atoms with van der Waals surface area (Å²) in [6.07, 6.45) is 0.483. The number of carbonyl (C=O) groups excluding carboxylic acids is 1. The van der Waals surface area contributed by atoms with Crippen molar-refractivity contribution in [2.75, 3.05) is 19.6 Å². The second-order valence-corrected chi connectivity index (χ2v) is 5.54. The first kappa shape index (κ1) is 15.8. The molecule has 1 aliphatic heterocycles. The highest BCUT2D eigenvalue weighted by Crippen LogP contribution is 2.20. The van der Waals surface area contributed by atoms with Crippen LogP contribution in [0.25, 0.3) is 0 Å². The Morgan fingerprint density at radius 2 is 1.89 bits per heavy atom. The van der Waals surface area contributed by atoms with E-state index in [0.717, 1.165) is 0 Å². The predicted molar refractivity (Wildman–Crippen MR) is 71.0 cm³/mol. The molecule has 6 heteroatoms. The average Bonchev–Trinajstić information content (AvgIpc) is 2.34. The molecule has 6 nitrogen and oxygen atoms in total. The van der Waals surface area contributed by atoms with Gasteiger partial charge in [0.15, 0.2) is 0 Å². The fraction of sp³-hybridized carbons (Fsp3) is 0.846. The highest BCUT2D eigenvalue weighted by molar-refractivity contribution is 5.78. The van der Waals surface area contributed by atoms with Gasteiger partial charge in [-0.25, -0.2) is 4.79 Å². The summed E-state index contributed by atoms with van der Waals surface area (Å²) in [6, 6.07) is -0.220. The Labute approximate surface area is 114 Å². The minimum absolute atomic E-state index is 0.00605. The van der Waals surface area contributed by atoms with Gasteiger partial charge in [0.1, 0.15) is 0 Å². The Morgan fingerprint density at radius 1 is 1.37 bits per heavy atom. The van der Waals surface area contributed by atoms with Crippen LogP contribution in [0.5, 0.6) is 0 Å². The minimum Gasteiger partial charge on any atom is -0.481 e. The number of morpholine rings is 1. The lowest BCUT2D eigenvalue weighted by Crippen LogP contribution is -2.53. The van der Waals surface area contributed by atoms with Crippen molar-refractivity contribution in [3.63, 3.8) is 0 Å². The summed E-state index contributed by atoms with van der Waals surface area (Å²) in [5.41, 5.74) is -0.917. The van der Waals surface area contributed by atoms with Gasteiger partial charge in [-0.1, -0.05) is 6.92 Å². The number of amides is 2. The SMILES string of the molecule is CCC(C)(CNC(=O)N1C[C@@H](C)O[C@@H](C)C1)C(=O)O. The number of nitrogens with one attached hydrogen (secondary N) is 1. The van der Waals surface area contributed by atoms with Gasteiger partial charge in [-0.15, -0.1) is 0 Å². The molecule has 0 aromatic carbocycles. The molecule has 1 saturated heterocycles. The van der Waals surface area contributed by atoms with Crippen LogP contribution in [0.2, 0.25) is 0 Å². The number of carbonyl (C=O) groups is 2. The number of nitrogens with zero attached hydrogens (tertiary/aromatic N) is 1. The highest BCUT2D eigenvalue weighted by atomic mass is 16.5. The number of ether oxygens (including phenoxy) is 1. The van der Waals surface area contributed by atoms with Crippen molar-refractivity contribution in [2.45, 2.75) is 46.3 Å². The smallest absolute Gasteiger partial charge is 0.317 e. The van der Waals surface area contributed by atoms with Crippen LogP contribution in [-0.4, -0.2) is 53.8 Å². The Hall–Kier alpha value is -1.30. The third kappa shape index (κ3) is 4.09. The lowest BCUT2D eigenvalue weighted by molar-refractivity contribution is -0.147. The lowest BCUT2D eigenvalue weighted by atomic mass is 9.88. The van der Waals surface area contributed by atoms with Crippen molar-refractivity contribution < 1.29 is 19.4 Å². The fourth-order valence-corrected chi connectivity index (χ4v) is 2.08. The molecule has 0 radical (unpaired) electrons. The predicted octanol–water partition coefficient (Wildman–Crippen LogP) is 1.31. The molecule has 0 aliphatic carbocycles. The first-order valence-electron chi connectivity index (χ1n) is 6.70. The zero-order valence-corrected chi connectivity index (χ0v) is 12.1. The van der Waals surface area contributed by atoms with Gasteiger partial charge in [-0.3, -0.25) is 4.79 Å². The highest BCUT2D eigenvalue weighted by Gasteiger charge is 2.33. The number of rotatable bonds is 4. The van der Waals surface area contributed by atoms with Crippen LogP contribution in [0.1, 0.15) is 34.1 Å². The summed E-state index contributed by atoms with van der Waals surface area (Å²) in [5.74, 6) is -0.890. The van der Waals surface area contributed by atoms with Crippen molar-refractivity contribution in [3.05, 3.63) is 0 Å². The van der Waals surface area contributed by atoms with E-state index in [1.54, 1.807) is 18.7 Å². The topological polar surface area (TPSA) is 78.9 Å². The summed E-state index contributed by atoms with van der Waals surface area (Å²) in [5, 5.41) is 11.9. The first-order valence-corrected chi connectivity index (χ1v) is 6.70. The van der Waals surface area contributed by atoms with Crippen LogP contribution in [-0.2, 0) is 9.53 Å². The van der Waals surface area contributed by atoms with Gasteiger partial charge in [0.25, 0.3) is 0 Å². The van der Waals surface area contributed by atoms with E-state index < -0.39 is 11.4 Å². The molecular weight excluding hydrogens is 248 g/mol. The van der Waals surface area contributed by atoms with E-state index >= 15 is 0 Å². The second-order valence-electron chi connectivity index (χ2n) is 5.54. The minimum atomic E-state index is -0.917. The molecule has 3 atom stereocenters. The average molecular weight is 272 g/mol. The molecule has 2 N–H and O–H groups in total. The lowest BCUT2D eigenvalue weighted by Gasteiger charge is -2.36. The summed E-state index contributed by atoms with van der Waals surface area (Å²) < 4.78 is 5.56. The van der Waals surface area contributed by atoms with Crippen LogP contribution >= 0.6 is 0 Å². The molecule has 2 amide bonds. The zero-order valence-electron chi connectivity index (χ0n) is 12.1. The molecule has 0 aromatic rings. The number of hydrogen-bond acceptors (Lipinski definition) is 3. The molecule has 1 heterocycles. The number of hydrogen-bond donors (Lipinski definition) is 2. The molecule has 0 bridgehead atoms. The maximum atomic E-state index is 12.0. The Kier molecular flexibility index (Phi) is 5.17. The van der Waals surface area contributed by atoms with Crippen LogP contribution in [0.4, 0.5) is 4.79 Å². The molecule has 1 aliphatic rings. The van der Waals surface area contributed by atoms with Crippen molar-refractivity contribution in [1.29, 1.82) is 0 Å². The first-order chi connectivity index (χ1) is 8.78. The van der Waals surface area contributed by atoms with Gasteiger partial charge < -0.3 is 20.1 Å². The van der Waals surface area contributed by atoms with Crippen LogP contribution in [0.3, 0.4) is 0 Å². The fourth-order valence-electron chi connectivity index (χ4n) is 2.08. The van der Waals surface area contributed by atoms with Gasteiger partial charge in [-0.2, -0.15) is 0 Å². The molecule has 110 valence electrons. The molecule has 19 heavy (non-hydrogen) atoms. The molecule has 0 saturated carbocycles. The number of urea groups is 1. The Bertz CT molecular complexity index is 338. The summed E-state index contributed by atoms with van der Waals surface area (Å²) in [7, 11) is 0. The monoisotopic (exact) mass is 272 g/mol. The number of aliphatic carboxylic acids is 1. The largest absolute Gasteiger partial charge is 0.481 e. The molecular formula is C13H24N2O4. The molecule has 1 fully saturated rings. The van der Waals surface area contributed by atoms with Crippen molar-refractivity contribution in [2.24, 2.45) is 5.41 Å². The van der Waals surface area contributed by atoms with Gasteiger partial charge >= 0.3 is 12.0 Å². The third-order valence-corrected chi connectivity index (χ3v) is 3.63. The number of carboxylic acid groups (broad SMARTS) is 1. The Balaban J connectivity index is 2.53. The van der Waals surface area contributed by atoms with Crippen LogP contribution in [0.15, 0.2) is 0 Å². The maximum absolute atomic E-state index is 12.0. The van der Waals surface area contributed by atoms with Gasteiger partial charge in [0.2, 0.25) is 0 Å². The van der Waals surface area contributed by atoms with Crippen molar-refractivity contribution in [1.82, 2.24) is 10.2 Å². The van der Waals surface area contributed by atoms with Gasteiger partial charge in [0, 0.05) is 19.6 Å². The summed E-state index contributed by atoms with van der Waals surface area (Å²) >= 11 is 0. The van der Waals surface area contributed by atoms with E-state index in [0.29, 0.717) is 19.5 Å². The molecule has 1 rings (SSSR count). The second kappa shape index (κ2) is 6.23. The maximum Gasteiger partial charge on any atom is 0.317 e. The van der Waals surface area contributed by atoms with Crippen LogP contribution < -0.4 is 5.32 Å². The van der Waals surface area contributed by atoms with E-state index in [2.05, 4.69) is 5.32 Å². The summed E-state index contributed by atoms with van der Waals surface area (Å²) in [6.45, 7) is 8.49. The molecule has 1 unspecified atom stereocenters. The third-order valence-electron chi connectivity index (χ3n) is 3.63. The van der Waals surface area contributed by atoms with E-state index in [-0.39, 0.29) is 24.8 Å². The van der Waals surface area contributed by atoms with E-state index in [1.165, 1.54) is 0 Å². The van der Waals surface area contributed by atoms with Gasteiger partial charge in [-0.05, 0) is 27.2 Å². The van der Waals surface area contributed by atoms with Crippen molar-refractivity contribution in [3.8, 4) is 0 Å². The van der Waals surface area contributed by atoms with Crippen LogP contribution in [0, 0.1) is 5.41 Å². The summed E-state index contributed by atoms with van der Waals surface area (Å²) in [4.78, 5) is 24.9. The quantitative estimate of drug-likeness (QED) is 0.808. The molecule has 0 spiro atoms. The van der Waals surface area contributed by atoms with E-state index in [4.69, 9.17) is 9.84 Å². The van der Waals surface area contributed by atoms with E-state index in [1.807, 2.05) is 13.8 Å². The molecule has 0 aromatic heterocycles. The zero-order chi connectivity index (χ0) is 14.6. The number of carboxylic acids is 1.